The van der Waals surface area contributed by atoms with Gasteiger partial charge in [0.2, 0.25) is 0 Å². The fraction of sp³-hybridized carbons (Fsp3) is 0.364. The second-order valence-electron chi connectivity index (χ2n) is 3.12. The van der Waals surface area contributed by atoms with Crippen molar-refractivity contribution >= 4 is 5.71 Å². The molecule has 0 unspecified atom stereocenters. The Labute approximate surface area is 83.7 Å². The average molecular weight is 193 g/mol. The Morgan fingerprint density at radius 3 is 2.64 bits per heavy atom. The molecule has 2 N–H and O–H groups in total. The zero-order chi connectivity index (χ0) is 10.6. The van der Waals surface area contributed by atoms with Crippen LogP contribution in [0, 0.1) is 0 Å². The summed E-state index contributed by atoms with van der Waals surface area (Å²) in [6.45, 7) is 3.63. The molecule has 0 heterocycles. The monoisotopic (exact) mass is 193 g/mol. The fourth-order valence-corrected chi connectivity index (χ4v) is 1.16. The third kappa shape index (κ3) is 2.57. The van der Waals surface area contributed by atoms with Gasteiger partial charge in [-0.15, -0.1) is 0 Å². The number of aromatic hydroxyl groups is 1. The summed E-state index contributed by atoms with van der Waals surface area (Å²) in [6, 6.07) is 6.96. The van der Waals surface area contributed by atoms with Crippen molar-refractivity contribution in [2.24, 2.45) is 4.99 Å². The van der Waals surface area contributed by atoms with E-state index in [-0.39, 0.29) is 5.75 Å². The summed E-state index contributed by atoms with van der Waals surface area (Å²) in [4.78, 5) is 4.04. The van der Waals surface area contributed by atoms with Crippen molar-refractivity contribution < 1.29 is 10.2 Å². The van der Waals surface area contributed by atoms with Gasteiger partial charge in [-0.05, 0) is 25.5 Å². The van der Waals surface area contributed by atoms with E-state index in [1.807, 2.05) is 13.0 Å². The second-order valence-corrected chi connectivity index (χ2v) is 3.12. The van der Waals surface area contributed by atoms with E-state index in [4.69, 9.17) is 0 Å². The van der Waals surface area contributed by atoms with E-state index >= 15 is 0 Å². The molecule has 0 aliphatic carbocycles. The third-order valence-electron chi connectivity index (χ3n) is 2.00. The van der Waals surface area contributed by atoms with Crippen molar-refractivity contribution in [2.45, 2.75) is 26.5 Å². The smallest absolute Gasteiger partial charge is 0.145 e. The van der Waals surface area contributed by atoms with Gasteiger partial charge in [0.15, 0.2) is 0 Å². The highest BCUT2D eigenvalue weighted by Gasteiger charge is 2.04. The average Bonchev–Trinajstić information content (AvgIpc) is 2.18. The van der Waals surface area contributed by atoms with Gasteiger partial charge < -0.3 is 10.2 Å². The highest BCUT2D eigenvalue weighted by atomic mass is 16.3. The molecule has 1 atom stereocenters. The maximum atomic E-state index is 9.50. The molecule has 0 bridgehead atoms. The molecule has 1 rings (SSSR count). The van der Waals surface area contributed by atoms with Crippen LogP contribution in [0.2, 0.25) is 0 Å². The Bertz CT molecular complexity index is 334. The van der Waals surface area contributed by atoms with Crippen molar-refractivity contribution in [3.05, 3.63) is 29.8 Å². The number of hydrogen-bond acceptors (Lipinski definition) is 3. The second kappa shape index (κ2) is 4.77. The van der Waals surface area contributed by atoms with E-state index in [2.05, 4.69) is 4.99 Å². The normalized spacial score (nSPS) is 14.1. The van der Waals surface area contributed by atoms with Crippen molar-refractivity contribution in [1.82, 2.24) is 0 Å². The first-order valence-corrected chi connectivity index (χ1v) is 4.66. The van der Waals surface area contributed by atoms with Crippen LogP contribution in [0.4, 0.5) is 0 Å². The number of hydrogen-bond donors (Lipinski definition) is 2. The van der Waals surface area contributed by atoms with Crippen LogP contribution in [-0.4, -0.2) is 22.2 Å². The maximum Gasteiger partial charge on any atom is 0.145 e. The molecule has 0 saturated heterocycles. The maximum absolute atomic E-state index is 9.50. The standard InChI is InChI=1S/C11H15NO2/c1-3-11(14)12-8(2)9-6-4-5-7-10(9)13/h4-7,11,13-14H,3H2,1-2H3/b12-8+/t11-/m1/s1. The van der Waals surface area contributed by atoms with Crippen LogP contribution in [0.15, 0.2) is 29.3 Å². The number of phenolic OH excluding ortho intramolecular Hbond substituents is 1. The lowest BCUT2D eigenvalue weighted by Gasteiger charge is -2.06. The van der Waals surface area contributed by atoms with Gasteiger partial charge in [0.25, 0.3) is 0 Å². The molecule has 0 saturated carbocycles. The molecule has 0 aliphatic heterocycles. The van der Waals surface area contributed by atoms with E-state index < -0.39 is 6.23 Å². The molecule has 0 aliphatic rings. The van der Waals surface area contributed by atoms with Crippen molar-refractivity contribution in [3.8, 4) is 5.75 Å². The minimum atomic E-state index is -0.686. The molecule has 14 heavy (non-hydrogen) atoms. The van der Waals surface area contributed by atoms with Gasteiger partial charge in [0.1, 0.15) is 12.0 Å². The van der Waals surface area contributed by atoms with Gasteiger partial charge in [0.05, 0.1) is 0 Å². The quantitative estimate of drug-likeness (QED) is 0.721. The molecule has 0 amide bonds. The number of aliphatic hydroxyl groups is 1. The first-order chi connectivity index (χ1) is 6.65. The summed E-state index contributed by atoms with van der Waals surface area (Å²) >= 11 is 0. The molecule has 1 aromatic rings. The number of nitrogens with zero attached hydrogens (tertiary/aromatic N) is 1. The predicted molar refractivity (Wildman–Crippen MR) is 56.6 cm³/mol. The van der Waals surface area contributed by atoms with Crippen LogP contribution >= 0.6 is 0 Å². The van der Waals surface area contributed by atoms with Crippen LogP contribution in [0.3, 0.4) is 0 Å². The van der Waals surface area contributed by atoms with E-state index in [0.29, 0.717) is 17.7 Å². The molecular weight excluding hydrogens is 178 g/mol. The van der Waals surface area contributed by atoms with E-state index in [0.717, 1.165) is 0 Å². The molecular formula is C11H15NO2. The summed E-state index contributed by atoms with van der Waals surface area (Å²) in [5.74, 6) is 0.192. The summed E-state index contributed by atoms with van der Waals surface area (Å²) < 4.78 is 0. The van der Waals surface area contributed by atoms with Crippen molar-refractivity contribution in [1.29, 1.82) is 0 Å². The van der Waals surface area contributed by atoms with Crippen molar-refractivity contribution in [3.63, 3.8) is 0 Å². The summed E-state index contributed by atoms with van der Waals surface area (Å²) in [5.41, 5.74) is 1.32. The fourth-order valence-electron chi connectivity index (χ4n) is 1.16. The Hall–Kier alpha value is -1.35. The lowest BCUT2D eigenvalue weighted by molar-refractivity contribution is 0.180. The van der Waals surface area contributed by atoms with Gasteiger partial charge in [-0.3, -0.25) is 4.99 Å². The van der Waals surface area contributed by atoms with E-state index in [1.165, 1.54) is 0 Å². The Morgan fingerprint density at radius 2 is 2.07 bits per heavy atom. The van der Waals surface area contributed by atoms with Gasteiger partial charge >= 0.3 is 0 Å². The Kier molecular flexibility index (Phi) is 3.65. The Balaban J connectivity index is 2.94. The predicted octanol–water partition coefficient (Wildman–Crippen LogP) is 1.93. The first kappa shape index (κ1) is 10.7. The lowest BCUT2D eigenvalue weighted by Crippen LogP contribution is -2.05. The van der Waals surface area contributed by atoms with Crippen LogP contribution < -0.4 is 0 Å². The minimum absolute atomic E-state index is 0.192. The summed E-state index contributed by atoms with van der Waals surface area (Å²) in [5, 5.41) is 18.8. The number of rotatable bonds is 3. The molecule has 0 fully saturated rings. The van der Waals surface area contributed by atoms with E-state index in [1.54, 1.807) is 25.1 Å². The zero-order valence-corrected chi connectivity index (χ0v) is 8.44. The largest absolute Gasteiger partial charge is 0.507 e. The van der Waals surface area contributed by atoms with Crippen LogP contribution in [-0.2, 0) is 0 Å². The molecule has 3 nitrogen and oxygen atoms in total. The molecule has 76 valence electrons. The molecule has 0 aromatic heterocycles. The first-order valence-electron chi connectivity index (χ1n) is 4.66. The molecule has 3 heteroatoms. The highest BCUT2D eigenvalue weighted by molar-refractivity contribution is 6.01. The number of aliphatic hydroxyl groups excluding tert-OH is 1. The number of benzene rings is 1. The van der Waals surface area contributed by atoms with Crippen LogP contribution in [0.25, 0.3) is 0 Å². The lowest BCUT2D eigenvalue weighted by atomic mass is 10.1. The van der Waals surface area contributed by atoms with Gasteiger partial charge in [-0.1, -0.05) is 19.1 Å². The number of aliphatic imine (C=N–C) groups is 1. The van der Waals surface area contributed by atoms with Crippen LogP contribution in [0.5, 0.6) is 5.75 Å². The molecule has 0 spiro atoms. The zero-order valence-electron chi connectivity index (χ0n) is 8.44. The number of para-hydroxylation sites is 1. The van der Waals surface area contributed by atoms with Crippen LogP contribution in [0.1, 0.15) is 25.8 Å². The SMILES string of the molecule is CC[C@@H](O)/N=C(\C)c1ccccc1O. The Morgan fingerprint density at radius 1 is 1.43 bits per heavy atom. The third-order valence-corrected chi connectivity index (χ3v) is 2.00. The molecule has 0 radical (unpaired) electrons. The summed E-state index contributed by atoms with van der Waals surface area (Å²) in [6.07, 6.45) is -0.111. The highest BCUT2D eigenvalue weighted by Crippen LogP contribution is 2.16. The minimum Gasteiger partial charge on any atom is -0.507 e. The van der Waals surface area contributed by atoms with Crippen molar-refractivity contribution in [2.75, 3.05) is 0 Å². The van der Waals surface area contributed by atoms with Gasteiger partial charge in [0, 0.05) is 11.3 Å². The van der Waals surface area contributed by atoms with Gasteiger partial charge in [-0.2, -0.15) is 0 Å². The van der Waals surface area contributed by atoms with E-state index in [9.17, 15) is 10.2 Å². The van der Waals surface area contributed by atoms with Gasteiger partial charge in [-0.25, -0.2) is 0 Å². The number of phenols is 1. The summed E-state index contributed by atoms with van der Waals surface area (Å²) in [7, 11) is 0. The molecule has 1 aromatic carbocycles. The topological polar surface area (TPSA) is 52.8 Å².